The summed E-state index contributed by atoms with van der Waals surface area (Å²) < 4.78 is 57.7. The standard InChI is InChI=1S/C28H26ClF4N5O2/c1-27(9-23(39)40)13-38(22-6-21(31)20(30)5-18(22)27)25-19(29)10-34-26(36-25)35-17-3-14-7-28(32,33)8-16-12-37(2)11-15(4-17)24(14)16/h3-6,10,16H,7-9,11-13H2,1-2H3,(H,39,40)(H,34,35,36). The van der Waals surface area contributed by atoms with Crippen LogP contribution in [0.5, 0.6) is 0 Å². The fourth-order valence-corrected chi connectivity index (χ4v) is 6.72. The number of aliphatic carboxylic acids is 1. The van der Waals surface area contributed by atoms with Gasteiger partial charge < -0.3 is 20.2 Å². The van der Waals surface area contributed by atoms with Gasteiger partial charge in [0.25, 0.3) is 5.92 Å². The topological polar surface area (TPSA) is 81.6 Å². The SMILES string of the molecule is CN1Cc2cc(Nc3ncc(Cl)c(N4CC(C)(CC(=O)O)c5cc(F)c(F)cc54)n3)cc3c2C(C1)CC(F)(F)C3. The van der Waals surface area contributed by atoms with Gasteiger partial charge in [-0.05, 0) is 47.5 Å². The van der Waals surface area contributed by atoms with E-state index >= 15 is 0 Å². The van der Waals surface area contributed by atoms with Gasteiger partial charge in [0, 0.05) is 61.2 Å². The first kappa shape index (κ1) is 26.8. The molecule has 2 unspecified atom stereocenters. The Morgan fingerprint density at radius 3 is 2.67 bits per heavy atom. The highest BCUT2D eigenvalue weighted by Crippen LogP contribution is 2.49. The molecule has 2 aromatic carbocycles. The number of fused-ring (bicyclic) bond motifs is 1. The summed E-state index contributed by atoms with van der Waals surface area (Å²) in [5, 5.41) is 12.7. The Bertz CT molecular complexity index is 1550. The number of nitrogens with zero attached hydrogens (tertiary/aromatic N) is 4. The lowest BCUT2D eigenvalue weighted by Crippen LogP contribution is -2.39. The summed E-state index contributed by atoms with van der Waals surface area (Å²) in [7, 11) is 1.91. The Hall–Kier alpha value is -3.44. The molecule has 3 heterocycles. The molecule has 12 heteroatoms. The Morgan fingerprint density at radius 1 is 1.20 bits per heavy atom. The highest BCUT2D eigenvalue weighted by Gasteiger charge is 2.44. The smallest absolute Gasteiger partial charge is 0.304 e. The van der Waals surface area contributed by atoms with Gasteiger partial charge in [-0.25, -0.2) is 22.5 Å². The van der Waals surface area contributed by atoms with E-state index in [4.69, 9.17) is 11.6 Å². The minimum Gasteiger partial charge on any atom is -0.481 e. The zero-order chi connectivity index (χ0) is 28.6. The number of hydrogen-bond acceptors (Lipinski definition) is 6. The predicted molar refractivity (Wildman–Crippen MR) is 142 cm³/mol. The fraction of sp³-hybridized carbons (Fsp3) is 0.393. The minimum absolute atomic E-state index is 0.0551. The van der Waals surface area contributed by atoms with Crippen molar-refractivity contribution in [2.24, 2.45) is 0 Å². The van der Waals surface area contributed by atoms with Crippen molar-refractivity contribution in [3.8, 4) is 0 Å². The summed E-state index contributed by atoms with van der Waals surface area (Å²) in [5.41, 5.74) is 2.63. The molecule has 3 aliphatic rings. The molecule has 7 nitrogen and oxygen atoms in total. The van der Waals surface area contributed by atoms with Crippen LogP contribution >= 0.6 is 11.6 Å². The number of carboxylic acid groups (broad SMARTS) is 1. The van der Waals surface area contributed by atoms with Crippen LogP contribution in [0.4, 0.5) is 40.7 Å². The number of aromatic nitrogens is 2. The lowest BCUT2D eigenvalue weighted by molar-refractivity contribution is -0.138. The van der Waals surface area contributed by atoms with Crippen molar-refractivity contribution in [2.45, 2.75) is 50.0 Å². The number of anilines is 4. The molecule has 0 saturated heterocycles. The maximum atomic E-state index is 14.6. The van der Waals surface area contributed by atoms with Crippen molar-refractivity contribution in [3.63, 3.8) is 0 Å². The molecule has 0 saturated carbocycles. The molecule has 6 rings (SSSR count). The second-order valence-corrected chi connectivity index (χ2v) is 11.7. The summed E-state index contributed by atoms with van der Waals surface area (Å²) in [4.78, 5) is 24.0. The van der Waals surface area contributed by atoms with Gasteiger partial charge in [0.1, 0.15) is 5.02 Å². The molecular weight excluding hydrogens is 550 g/mol. The molecular formula is C28H26ClF4N5O2. The summed E-state index contributed by atoms with van der Waals surface area (Å²) in [6, 6.07) is 5.64. The van der Waals surface area contributed by atoms with Crippen LogP contribution in [0.1, 0.15) is 47.9 Å². The highest BCUT2D eigenvalue weighted by atomic mass is 35.5. The number of nitrogens with one attached hydrogen (secondary N) is 1. The van der Waals surface area contributed by atoms with E-state index in [9.17, 15) is 27.5 Å². The minimum atomic E-state index is -2.80. The van der Waals surface area contributed by atoms with Gasteiger partial charge in [-0.15, -0.1) is 0 Å². The number of carbonyl (C=O) groups is 1. The number of carboxylic acids is 1. The van der Waals surface area contributed by atoms with E-state index in [1.165, 1.54) is 6.20 Å². The summed E-state index contributed by atoms with van der Waals surface area (Å²) in [6.45, 7) is 2.92. The molecule has 210 valence electrons. The third kappa shape index (κ3) is 4.64. The first-order valence-corrected chi connectivity index (χ1v) is 13.2. The third-order valence-electron chi connectivity index (χ3n) is 7.99. The van der Waals surface area contributed by atoms with Crippen LogP contribution in [0.25, 0.3) is 0 Å². The van der Waals surface area contributed by atoms with E-state index in [1.54, 1.807) is 17.9 Å². The summed E-state index contributed by atoms with van der Waals surface area (Å²) in [6.07, 6.45) is 0.509. The maximum Gasteiger partial charge on any atom is 0.304 e. The first-order valence-electron chi connectivity index (χ1n) is 12.8. The average molecular weight is 576 g/mol. The Balaban J connectivity index is 1.37. The van der Waals surface area contributed by atoms with Gasteiger partial charge in [-0.3, -0.25) is 4.79 Å². The van der Waals surface area contributed by atoms with E-state index in [2.05, 4.69) is 15.3 Å². The number of benzene rings is 2. The van der Waals surface area contributed by atoms with Crippen molar-refractivity contribution in [1.29, 1.82) is 0 Å². The number of rotatable bonds is 5. The van der Waals surface area contributed by atoms with E-state index in [0.717, 1.165) is 23.3 Å². The number of likely N-dealkylation sites (N-methyl/N-ethyl adjacent to an activating group) is 1. The van der Waals surface area contributed by atoms with Crippen molar-refractivity contribution in [3.05, 3.63) is 69.4 Å². The molecule has 1 aromatic heterocycles. The molecule has 0 radical (unpaired) electrons. The van der Waals surface area contributed by atoms with Gasteiger partial charge in [0.15, 0.2) is 17.5 Å². The number of hydrogen-bond donors (Lipinski definition) is 2. The van der Waals surface area contributed by atoms with E-state index in [0.29, 0.717) is 29.9 Å². The lowest BCUT2D eigenvalue weighted by atomic mass is 9.76. The Morgan fingerprint density at radius 2 is 1.93 bits per heavy atom. The van der Waals surface area contributed by atoms with Crippen LogP contribution in [0.3, 0.4) is 0 Å². The second kappa shape index (κ2) is 9.31. The van der Waals surface area contributed by atoms with Crippen LogP contribution in [0, 0.1) is 11.6 Å². The molecule has 0 bridgehead atoms. The van der Waals surface area contributed by atoms with Crippen molar-refractivity contribution >= 4 is 40.7 Å². The molecule has 0 spiro atoms. The van der Waals surface area contributed by atoms with Gasteiger partial charge >= 0.3 is 5.97 Å². The van der Waals surface area contributed by atoms with E-state index < -0.39 is 28.9 Å². The first-order chi connectivity index (χ1) is 18.8. The average Bonchev–Trinajstić information content (AvgIpc) is 3.09. The van der Waals surface area contributed by atoms with Crippen molar-refractivity contribution in [1.82, 2.24) is 14.9 Å². The van der Waals surface area contributed by atoms with E-state index in [-0.39, 0.29) is 54.2 Å². The zero-order valence-corrected chi connectivity index (χ0v) is 22.5. The summed E-state index contributed by atoms with van der Waals surface area (Å²) >= 11 is 6.46. The Kier molecular flexibility index (Phi) is 6.23. The van der Waals surface area contributed by atoms with Gasteiger partial charge in [0.2, 0.25) is 5.95 Å². The lowest BCUT2D eigenvalue weighted by Gasteiger charge is -2.39. The van der Waals surface area contributed by atoms with Gasteiger partial charge in [0.05, 0.1) is 12.6 Å². The molecule has 3 aromatic rings. The monoisotopic (exact) mass is 575 g/mol. The van der Waals surface area contributed by atoms with Gasteiger partial charge in [-0.2, -0.15) is 4.98 Å². The molecule has 2 atom stereocenters. The number of alkyl halides is 2. The molecule has 2 N–H and O–H groups in total. The highest BCUT2D eigenvalue weighted by molar-refractivity contribution is 6.33. The molecule has 2 aliphatic heterocycles. The van der Waals surface area contributed by atoms with Crippen LogP contribution in [-0.4, -0.2) is 52.0 Å². The predicted octanol–water partition coefficient (Wildman–Crippen LogP) is 6.15. The quantitative estimate of drug-likeness (QED) is 0.353. The maximum absolute atomic E-state index is 14.6. The normalized spacial score (nSPS) is 23.1. The largest absolute Gasteiger partial charge is 0.481 e. The van der Waals surface area contributed by atoms with E-state index in [1.807, 2.05) is 18.0 Å². The Labute approximate surface area is 232 Å². The summed E-state index contributed by atoms with van der Waals surface area (Å²) in [5.74, 6) is -6.00. The van der Waals surface area contributed by atoms with Crippen LogP contribution in [0.2, 0.25) is 5.02 Å². The van der Waals surface area contributed by atoms with Crippen LogP contribution in [-0.2, 0) is 23.2 Å². The molecule has 40 heavy (non-hydrogen) atoms. The molecule has 0 fully saturated rings. The molecule has 1 aliphatic carbocycles. The fourth-order valence-electron chi connectivity index (χ4n) is 6.53. The molecule has 0 amide bonds. The second-order valence-electron chi connectivity index (χ2n) is 11.3. The number of halogens is 5. The van der Waals surface area contributed by atoms with Crippen LogP contribution < -0.4 is 10.2 Å². The van der Waals surface area contributed by atoms with Crippen LogP contribution in [0.15, 0.2) is 30.5 Å². The van der Waals surface area contributed by atoms with Crippen molar-refractivity contribution in [2.75, 3.05) is 30.4 Å². The van der Waals surface area contributed by atoms with Gasteiger partial charge in [-0.1, -0.05) is 18.5 Å². The third-order valence-corrected chi connectivity index (χ3v) is 8.26. The zero-order valence-electron chi connectivity index (χ0n) is 21.7. The van der Waals surface area contributed by atoms with Crippen molar-refractivity contribution < 1.29 is 27.5 Å².